The van der Waals surface area contributed by atoms with Crippen LogP contribution in [0.3, 0.4) is 0 Å². The minimum atomic E-state index is -0.443. The Morgan fingerprint density at radius 1 is 1.11 bits per heavy atom. The number of benzene rings is 2. The Hall–Kier alpha value is -2.35. The van der Waals surface area contributed by atoms with Gasteiger partial charge in [0, 0.05) is 17.7 Å². The van der Waals surface area contributed by atoms with E-state index in [-0.39, 0.29) is 43.2 Å². The molecule has 2 aromatic rings. The van der Waals surface area contributed by atoms with Crippen molar-refractivity contribution in [2.75, 3.05) is 19.9 Å². The first-order valence-corrected chi connectivity index (χ1v) is 9.21. The van der Waals surface area contributed by atoms with Crippen molar-refractivity contribution in [3.63, 3.8) is 0 Å². The normalized spacial score (nSPS) is 12.7. The lowest BCUT2D eigenvalue weighted by Crippen LogP contribution is -2.37. The molecule has 0 spiro atoms. The van der Waals surface area contributed by atoms with Crippen molar-refractivity contribution < 1.29 is 23.5 Å². The smallest absolute Gasteiger partial charge is 0.251 e. The summed E-state index contributed by atoms with van der Waals surface area (Å²) in [5, 5.41) is 5.77. The second-order valence-corrected chi connectivity index (χ2v) is 6.89. The van der Waals surface area contributed by atoms with Gasteiger partial charge in [0.25, 0.3) is 5.91 Å². The first-order valence-electron chi connectivity index (χ1n) is 8.46. The lowest BCUT2D eigenvalue weighted by Gasteiger charge is -2.21. The number of halogens is 3. The SMILES string of the molecule is O=C(CNC(=O)c1ccc(Cl)c(Cl)c1)NCCc1cc(F)cc2c1OCOC2. The van der Waals surface area contributed by atoms with E-state index < -0.39 is 5.91 Å². The number of carbonyl (C=O) groups is 2. The Kier molecular flexibility index (Phi) is 6.72. The number of nitrogens with one attached hydrogen (secondary N) is 2. The molecule has 0 radical (unpaired) electrons. The zero-order valence-electron chi connectivity index (χ0n) is 14.7. The lowest BCUT2D eigenvalue weighted by atomic mass is 10.1. The van der Waals surface area contributed by atoms with Crippen molar-refractivity contribution in [3.05, 3.63) is 62.9 Å². The third-order valence-corrected chi connectivity index (χ3v) is 4.80. The van der Waals surface area contributed by atoms with Crippen LogP contribution in [0.15, 0.2) is 30.3 Å². The zero-order chi connectivity index (χ0) is 20.1. The Labute approximate surface area is 170 Å². The summed E-state index contributed by atoms with van der Waals surface area (Å²) in [6.45, 7) is 0.457. The second-order valence-electron chi connectivity index (χ2n) is 6.08. The maximum absolute atomic E-state index is 13.7. The molecule has 1 aliphatic rings. The van der Waals surface area contributed by atoms with Crippen LogP contribution >= 0.6 is 23.2 Å². The largest absolute Gasteiger partial charge is 0.467 e. The highest BCUT2D eigenvalue weighted by atomic mass is 35.5. The molecule has 0 saturated heterocycles. The van der Waals surface area contributed by atoms with Gasteiger partial charge < -0.3 is 20.1 Å². The molecule has 0 saturated carbocycles. The van der Waals surface area contributed by atoms with Gasteiger partial charge in [-0.3, -0.25) is 9.59 Å². The highest BCUT2D eigenvalue weighted by molar-refractivity contribution is 6.42. The molecule has 9 heteroatoms. The third kappa shape index (κ3) is 5.13. The van der Waals surface area contributed by atoms with Crippen LogP contribution in [0.1, 0.15) is 21.5 Å². The van der Waals surface area contributed by atoms with Gasteiger partial charge in [-0.2, -0.15) is 0 Å². The molecule has 0 unspecified atom stereocenters. The lowest BCUT2D eigenvalue weighted by molar-refractivity contribution is -0.120. The van der Waals surface area contributed by atoms with Gasteiger partial charge in [-0.25, -0.2) is 4.39 Å². The maximum atomic E-state index is 13.7. The maximum Gasteiger partial charge on any atom is 0.251 e. The van der Waals surface area contributed by atoms with Crippen LogP contribution in [-0.2, 0) is 22.6 Å². The summed E-state index contributed by atoms with van der Waals surface area (Å²) >= 11 is 11.7. The summed E-state index contributed by atoms with van der Waals surface area (Å²) in [7, 11) is 0. The summed E-state index contributed by atoms with van der Waals surface area (Å²) in [4.78, 5) is 24.0. The molecule has 0 aliphatic carbocycles. The molecule has 2 N–H and O–H groups in total. The minimum absolute atomic E-state index is 0.110. The standard InChI is InChI=1S/C19H17Cl2FN2O4/c20-15-2-1-12(7-16(15)21)19(26)24-8-17(25)23-4-3-11-5-14(22)6-13-9-27-10-28-18(11)13/h1-2,5-7H,3-4,8-10H2,(H,23,25)(H,24,26). The quantitative estimate of drug-likeness (QED) is 0.743. The molecule has 28 heavy (non-hydrogen) atoms. The molecule has 1 aliphatic heterocycles. The molecule has 3 rings (SSSR count). The predicted octanol–water partition coefficient (Wildman–Crippen LogP) is 3.09. The van der Waals surface area contributed by atoms with E-state index in [1.54, 1.807) is 0 Å². The number of rotatable bonds is 6. The Morgan fingerprint density at radius 2 is 1.93 bits per heavy atom. The van der Waals surface area contributed by atoms with E-state index in [2.05, 4.69) is 10.6 Å². The van der Waals surface area contributed by atoms with Crippen molar-refractivity contribution in [1.82, 2.24) is 10.6 Å². The first kappa shape index (κ1) is 20.4. The molecule has 1 heterocycles. The van der Waals surface area contributed by atoms with E-state index in [0.29, 0.717) is 33.9 Å². The molecular weight excluding hydrogens is 410 g/mol. The van der Waals surface area contributed by atoms with Crippen molar-refractivity contribution in [2.24, 2.45) is 0 Å². The number of amides is 2. The fraction of sp³-hybridized carbons (Fsp3) is 0.263. The van der Waals surface area contributed by atoms with Gasteiger partial charge >= 0.3 is 0 Å². The average Bonchev–Trinajstić information content (AvgIpc) is 2.68. The molecule has 2 aromatic carbocycles. The van der Waals surface area contributed by atoms with Crippen LogP contribution in [0.5, 0.6) is 5.75 Å². The fourth-order valence-corrected chi connectivity index (χ4v) is 3.04. The highest BCUT2D eigenvalue weighted by Crippen LogP contribution is 2.29. The molecule has 6 nitrogen and oxygen atoms in total. The van der Waals surface area contributed by atoms with Crippen LogP contribution in [0, 0.1) is 5.82 Å². The zero-order valence-corrected chi connectivity index (χ0v) is 16.2. The number of ether oxygens (including phenoxy) is 2. The molecule has 0 atom stereocenters. The van der Waals surface area contributed by atoms with E-state index >= 15 is 0 Å². The Bertz CT molecular complexity index is 908. The number of hydrogen-bond acceptors (Lipinski definition) is 4. The van der Waals surface area contributed by atoms with Crippen LogP contribution in [0.2, 0.25) is 10.0 Å². The number of fused-ring (bicyclic) bond motifs is 1. The number of carbonyl (C=O) groups excluding carboxylic acids is 2. The molecule has 148 valence electrons. The van der Waals surface area contributed by atoms with Crippen LogP contribution in [-0.4, -0.2) is 31.7 Å². The minimum Gasteiger partial charge on any atom is -0.467 e. The van der Waals surface area contributed by atoms with Gasteiger partial charge in [0.1, 0.15) is 11.6 Å². The summed E-state index contributed by atoms with van der Waals surface area (Å²) in [5.41, 5.74) is 1.59. The average molecular weight is 427 g/mol. The van der Waals surface area contributed by atoms with E-state index in [1.165, 1.54) is 30.3 Å². The van der Waals surface area contributed by atoms with Crippen molar-refractivity contribution in [1.29, 1.82) is 0 Å². The van der Waals surface area contributed by atoms with Gasteiger partial charge in [-0.15, -0.1) is 0 Å². The van der Waals surface area contributed by atoms with Gasteiger partial charge in [0.2, 0.25) is 5.91 Å². The van der Waals surface area contributed by atoms with Crippen molar-refractivity contribution in [3.8, 4) is 5.75 Å². The van der Waals surface area contributed by atoms with Gasteiger partial charge in [0.15, 0.2) is 6.79 Å². The van der Waals surface area contributed by atoms with E-state index in [1.807, 2.05) is 0 Å². The van der Waals surface area contributed by atoms with E-state index in [4.69, 9.17) is 32.7 Å². The summed E-state index contributed by atoms with van der Waals surface area (Å²) in [5.74, 6) is -0.609. The van der Waals surface area contributed by atoms with Crippen LogP contribution in [0.4, 0.5) is 4.39 Å². The Morgan fingerprint density at radius 3 is 2.71 bits per heavy atom. The second kappa shape index (κ2) is 9.23. The van der Waals surface area contributed by atoms with Gasteiger partial charge in [-0.1, -0.05) is 23.2 Å². The predicted molar refractivity (Wildman–Crippen MR) is 102 cm³/mol. The monoisotopic (exact) mass is 426 g/mol. The van der Waals surface area contributed by atoms with Crippen molar-refractivity contribution >= 4 is 35.0 Å². The van der Waals surface area contributed by atoms with Crippen molar-refractivity contribution in [2.45, 2.75) is 13.0 Å². The van der Waals surface area contributed by atoms with Crippen LogP contribution < -0.4 is 15.4 Å². The topological polar surface area (TPSA) is 76.7 Å². The van der Waals surface area contributed by atoms with E-state index in [9.17, 15) is 14.0 Å². The first-order chi connectivity index (χ1) is 13.4. The van der Waals surface area contributed by atoms with E-state index in [0.717, 1.165) is 0 Å². The molecular formula is C19H17Cl2FN2O4. The van der Waals surface area contributed by atoms with Crippen LogP contribution in [0.25, 0.3) is 0 Å². The fourth-order valence-electron chi connectivity index (χ4n) is 2.74. The summed E-state index contributed by atoms with van der Waals surface area (Å²) in [6, 6.07) is 7.19. The number of hydrogen-bond donors (Lipinski definition) is 2. The summed E-state index contributed by atoms with van der Waals surface area (Å²) in [6.07, 6.45) is 0.382. The van der Waals surface area contributed by atoms with Gasteiger partial charge in [0.05, 0.1) is 23.2 Å². The molecule has 2 amide bonds. The molecule has 0 bridgehead atoms. The summed E-state index contributed by atoms with van der Waals surface area (Å²) < 4.78 is 24.3. The highest BCUT2D eigenvalue weighted by Gasteiger charge is 2.17. The Balaban J connectivity index is 1.48. The third-order valence-electron chi connectivity index (χ3n) is 4.06. The molecule has 0 fully saturated rings. The molecule has 0 aromatic heterocycles. The van der Waals surface area contributed by atoms with Gasteiger partial charge in [-0.05, 0) is 42.3 Å².